The third-order valence-electron chi connectivity index (χ3n) is 5.81. The highest BCUT2D eigenvalue weighted by molar-refractivity contribution is 7.18. The Kier molecular flexibility index (Phi) is 5.48. The lowest BCUT2D eigenvalue weighted by atomic mass is 9.96. The summed E-state index contributed by atoms with van der Waals surface area (Å²) in [5.41, 5.74) is 0. The molecule has 28 heavy (non-hydrogen) atoms. The van der Waals surface area contributed by atoms with Crippen molar-refractivity contribution in [1.82, 2.24) is 19.8 Å². The molecular weight excluding hydrogens is 374 g/mol. The molecule has 2 aromatic heterocycles. The number of rotatable bonds is 3. The Morgan fingerprint density at radius 3 is 2.64 bits per heavy atom. The summed E-state index contributed by atoms with van der Waals surface area (Å²) in [6, 6.07) is 2.20. The number of hydrogen-bond donors (Lipinski definition) is 0. The lowest BCUT2D eigenvalue weighted by Crippen LogP contribution is -2.53. The predicted octanol–water partition coefficient (Wildman–Crippen LogP) is 2.16. The molecule has 0 aliphatic carbocycles. The first kappa shape index (κ1) is 19.1. The van der Waals surface area contributed by atoms with E-state index in [9.17, 15) is 9.59 Å². The number of anilines is 1. The van der Waals surface area contributed by atoms with E-state index in [1.807, 2.05) is 9.80 Å². The third kappa shape index (κ3) is 3.70. The second-order valence-corrected chi connectivity index (χ2v) is 8.71. The number of carbonyl (C=O) groups is 2. The number of hydrogen-bond acceptors (Lipinski definition) is 6. The van der Waals surface area contributed by atoms with Crippen molar-refractivity contribution in [3.05, 3.63) is 17.3 Å². The minimum atomic E-state index is -0.0565. The summed E-state index contributed by atoms with van der Waals surface area (Å²) >= 11 is 1.73. The average molecular weight is 402 g/mol. The molecule has 1 unspecified atom stereocenters. The Balaban J connectivity index is 1.41. The Morgan fingerprint density at radius 2 is 1.93 bits per heavy atom. The summed E-state index contributed by atoms with van der Waals surface area (Å²) in [6.45, 7) is 8.03. The van der Waals surface area contributed by atoms with Crippen LogP contribution in [0.15, 0.2) is 12.4 Å². The fraction of sp³-hybridized carbons (Fsp3) is 0.600. The molecule has 0 saturated carbocycles. The number of nitrogens with zero attached hydrogens (tertiary/aromatic N) is 5. The topological polar surface area (TPSA) is 69.6 Å². The van der Waals surface area contributed by atoms with Gasteiger partial charge in [0, 0.05) is 51.1 Å². The molecule has 0 bridgehead atoms. The van der Waals surface area contributed by atoms with Crippen LogP contribution in [0.1, 0.15) is 31.6 Å². The molecule has 8 heteroatoms. The van der Waals surface area contributed by atoms with Gasteiger partial charge >= 0.3 is 0 Å². The molecule has 0 N–H and O–H groups in total. The van der Waals surface area contributed by atoms with Crippen molar-refractivity contribution in [2.45, 2.75) is 33.1 Å². The SMILES string of the molecule is CCc1cc2c(N3CCN(C(=O)C4CCCN(C(C)=O)C4)CC3)ncnc2s1. The number of aryl methyl sites for hydroxylation is 1. The van der Waals surface area contributed by atoms with Crippen molar-refractivity contribution in [1.29, 1.82) is 0 Å². The largest absolute Gasteiger partial charge is 0.352 e. The summed E-state index contributed by atoms with van der Waals surface area (Å²) in [4.78, 5) is 42.0. The van der Waals surface area contributed by atoms with Gasteiger partial charge in [-0.05, 0) is 25.3 Å². The molecule has 2 aliphatic rings. The summed E-state index contributed by atoms with van der Waals surface area (Å²) in [7, 11) is 0. The van der Waals surface area contributed by atoms with Crippen LogP contribution >= 0.6 is 11.3 Å². The number of aromatic nitrogens is 2. The predicted molar refractivity (Wildman–Crippen MR) is 111 cm³/mol. The van der Waals surface area contributed by atoms with Crippen molar-refractivity contribution >= 4 is 39.2 Å². The second-order valence-electron chi connectivity index (χ2n) is 7.60. The summed E-state index contributed by atoms with van der Waals surface area (Å²) in [6.07, 6.45) is 4.43. The van der Waals surface area contributed by atoms with Crippen molar-refractivity contribution in [3.8, 4) is 0 Å². The maximum atomic E-state index is 13.0. The third-order valence-corrected chi connectivity index (χ3v) is 7.00. The first-order valence-electron chi connectivity index (χ1n) is 10.1. The van der Waals surface area contributed by atoms with Gasteiger partial charge in [-0.1, -0.05) is 6.92 Å². The Hall–Kier alpha value is -2.22. The molecule has 2 aromatic rings. The van der Waals surface area contributed by atoms with E-state index in [0.717, 1.165) is 54.9 Å². The molecule has 0 radical (unpaired) electrons. The monoisotopic (exact) mass is 401 g/mol. The first-order valence-corrected chi connectivity index (χ1v) is 10.9. The summed E-state index contributed by atoms with van der Waals surface area (Å²) in [5.74, 6) is 1.19. The van der Waals surface area contributed by atoms with Crippen molar-refractivity contribution in [2.24, 2.45) is 5.92 Å². The number of carbonyl (C=O) groups excluding carboxylic acids is 2. The van der Waals surface area contributed by atoms with Gasteiger partial charge < -0.3 is 14.7 Å². The zero-order valence-electron chi connectivity index (χ0n) is 16.6. The van der Waals surface area contributed by atoms with Gasteiger partial charge in [0.2, 0.25) is 11.8 Å². The molecular formula is C20H27N5O2S. The van der Waals surface area contributed by atoms with Crippen molar-refractivity contribution < 1.29 is 9.59 Å². The van der Waals surface area contributed by atoms with Crippen molar-refractivity contribution in [3.63, 3.8) is 0 Å². The minimum absolute atomic E-state index is 0.0565. The molecule has 150 valence electrons. The molecule has 2 amide bonds. The smallest absolute Gasteiger partial charge is 0.227 e. The number of piperidine rings is 1. The molecule has 7 nitrogen and oxygen atoms in total. The van der Waals surface area contributed by atoms with Crippen LogP contribution < -0.4 is 4.90 Å². The van der Waals surface area contributed by atoms with E-state index in [1.54, 1.807) is 24.6 Å². The fourth-order valence-corrected chi connectivity index (χ4v) is 5.11. The molecule has 0 spiro atoms. The first-order chi connectivity index (χ1) is 13.6. The zero-order valence-corrected chi connectivity index (χ0v) is 17.4. The summed E-state index contributed by atoms with van der Waals surface area (Å²) in [5, 5.41) is 1.12. The Bertz CT molecular complexity index is 875. The van der Waals surface area contributed by atoms with Gasteiger partial charge in [0.1, 0.15) is 17.0 Å². The van der Waals surface area contributed by atoms with Crippen LogP contribution in [0.25, 0.3) is 10.2 Å². The second kappa shape index (κ2) is 8.03. The van der Waals surface area contributed by atoms with E-state index in [0.29, 0.717) is 19.6 Å². The van der Waals surface area contributed by atoms with E-state index < -0.39 is 0 Å². The number of piperazine rings is 1. The van der Waals surface area contributed by atoms with Crippen LogP contribution in [-0.2, 0) is 16.0 Å². The van der Waals surface area contributed by atoms with Gasteiger partial charge in [-0.25, -0.2) is 9.97 Å². The summed E-state index contributed by atoms with van der Waals surface area (Å²) < 4.78 is 0. The number of fused-ring (bicyclic) bond motifs is 1. The maximum absolute atomic E-state index is 13.0. The highest BCUT2D eigenvalue weighted by Crippen LogP contribution is 2.31. The van der Waals surface area contributed by atoms with Gasteiger partial charge in [-0.15, -0.1) is 11.3 Å². The lowest BCUT2D eigenvalue weighted by molar-refractivity contribution is -0.140. The molecule has 2 aliphatic heterocycles. The molecule has 0 aromatic carbocycles. The Morgan fingerprint density at radius 1 is 1.14 bits per heavy atom. The number of thiophene rings is 1. The van der Waals surface area contributed by atoms with Gasteiger partial charge in [0.05, 0.1) is 11.3 Å². The molecule has 4 rings (SSSR count). The standard InChI is InChI=1S/C20H27N5O2S/c1-3-16-11-17-18(21-13-22-19(17)28-16)23-7-9-24(10-8-23)20(27)15-5-4-6-25(12-15)14(2)26/h11,13,15H,3-10,12H2,1-2H3. The van der Waals surface area contributed by atoms with E-state index in [1.165, 1.54) is 4.88 Å². The zero-order chi connectivity index (χ0) is 19.7. The number of amides is 2. The van der Waals surface area contributed by atoms with E-state index in [4.69, 9.17) is 0 Å². The quantitative estimate of drug-likeness (QED) is 0.788. The van der Waals surface area contributed by atoms with Crippen LogP contribution in [0.3, 0.4) is 0 Å². The molecule has 4 heterocycles. The fourth-order valence-electron chi connectivity index (χ4n) is 4.18. The van der Waals surface area contributed by atoms with Crippen LogP contribution in [0.5, 0.6) is 0 Å². The highest BCUT2D eigenvalue weighted by atomic mass is 32.1. The molecule has 1 atom stereocenters. The molecule has 2 saturated heterocycles. The average Bonchev–Trinajstić information content (AvgIpc) is 3.17. The van der Waals surface area contributed by atoms with Crippen LogP contribution in [0, 0.1) is 5.92 Å². The van der Waals surface area contributed by atoms with E-state index in [-0.39, 0.29) is 17.7 Å². The maximum Gasteiger partial charge on any atom is 0.227 e. The molecule has 2 fully saturated rings. The van der Waals surface area contributed by atoms with Gasteiger partial charge in [0.15, 0.2) is 0 Å². The van der Waals surface area contributed by atoms with Crippen LogP contribution in [-0.4, -0.2) is 70.9 Å². The van der Waals surface area contributed by atoms with E-state index >= 15 is 0 Å². The lowest BCUT2D eigenvalue weighted by Gasteiger charge is -2.39. The van der Waals surface area contributed by atoms with Gasteiger partial charge in [-0.3, -0.25) is 9.59 Å². The van der Waals surface area contributed by atoms with Crippen LogP contribution in [0.4, 0.5) is 5.82 Å². The Labute approximate surface area is 169 Å². The number of likely N-dealkylation sites (tertiary alicyclic amines) is 1. The van der Waals surface area contributed by atoms with E-state index in [2.05, 4.69) is 27.9 Å². The normalized spacial score (nSPS) is 20.6. The minimum Gasteiger partial charge on any atom is -0.352 e. The van der Waals surface area contributed by atoms with Gasteiger partial charge in [-0.2, -0.15) is 0 Å². The van der Waals surface area contributed by atoms with Gasteiger partial charge in [0.25, 0.3) is 0 Å². The van der Waals surface area contributed by atoms with Crippen molar-refractivity contribution in [2.75, 3.05) is 44.2 Å². The highest BCUT2D eigenvalue weighted by Gasteiger charge is 2.32. The van der Waals surface area contributed by atoms with Crippen LogP contribution in [0.2, 0.25) is 0 Å².